The van der Waals surface area contributed by atoms with Crippen molar-refractivity contribution in [1.82, 2.24) is 15.5 Å². The van der Waals surface area contributed by atoms with Gasteiger partial charge in [0.15, 0.2) is 5.82 Å². The Balaban J connectivity index is 1.23. The van der Waals surface area contributed by atoms with Crippen molar-refractivity contribution < 1.29 is 9.47 Å². The maximum absolute atomic E-state index is 5.83. The number of thiophene rings is 1. The van der Waals surface area contributed by atoms with Gasteiger partial charge >= 0.3 is 0 Å². The summed E-state index contributed by atoms with van der Waals surface area (Å²) < 4.78 is 11.5. The van der Waals surface area contributed by atoms with Gasteiger partial charge in [-0.1, -0.05) is 6.07 Å². The van der Waals surface area contributed by atoms with E-state index in [4.69, 9.17) is 9.47 Å². The third-order valence-electron chi connectivity index (χ3n) is 4.43. The van der Waals surface area contributed by atoms with Crippen LogP contribution in [-0.2, 0) is 4.74 Å². The van der Waals surface area contributed by atoms with Crippen LogP contribution in [0.5, 0.6) is 5.75 Å². The largest absolute Gasteiger partial charge is 0.494 e. The van der Waals surface area contributed by atoms with Gasteiger partial charge in [0, 0.05) is 24.8 Å². The van der Waals surface area contributed by atoms with E-state index in [2.05, 4.69) is 32.3 Å². The molecule has 3 aromatic rings. The lowest BCUT2D eigenvalue weighted by atomic mass is 10.2. The molecular weight excluding hydrogens is 360 g/mol. The molecule has 3 heterocycles. The van der Waals surface area contributed by atoms with Crippen molar-refractivity contribution in [3.05, 3.63) is 47.8 Å². The minimum Gasteiger partial charge on any atom is -0.494 e. The Morgan fingerprint density at radius 3 is 2.96 bits per heavy atom. The summed E-state index contributed by atoms with van der Waals surface area (Å²) in [5.74, 6) is 1.68. The van der Waals surface area contributed by atoms with Crippen LogP contribution in [0, 0.1) is 0 Å². The number of nitrogens with one attached hydrogen (secondary N) is 3. The van der Waals surface area contributed by atoms with E-state index in [0.29, 0.717) is 12.7 Å². The molecule has 3 N–H and O–H groups in total. The summed E-state index contributed by atoms with van der Waals surface area (Å²) in [4.78, 5) is 1.17. The third kappa shape index (κ3) is 5.09. The Morgan fingerprint density at radius 2 is 2.19 bits per heavy atom. The number of aromatic amines is 1. The van der Waals surface area contributed by atoms with Crippen molar-refractivity contribution >= 4 is 22.8 Å². The van der Waals surface area contributed by atoms with E-state index in [1.807, 2.05) is 36.4 Å². The SMILES string of the molecule is c1csc(-c2cc(Nc3ccc(OCCCC4CNCCO4)cc3)n[nH]2)c1. The smallest absolute Gasteiger partial charge is 0.152 e. The number of ether oxygens (including phenoxy) is 2. The molecule has 142 valence electrons. The molecule has 1 aliphatic heterocycles. The van der Waals surface area contributed by atoms with E-state index in [-0.39, 0.29) is 0 Å². The summed E-state index contributed by atoms with van der Waals surface area (Å²) in [6.07, 6.45) is 2.34. The van der Waals surface area contributed by atoms with Crippen LogP contribution >= 0.6 is 11.3 Å². The summed E-state index contributed by atoms with van der Waals surface area (Å²) in [6.45, 7) is 3.42. The highest BCUT2D eigenvalue weighted by molar-refractivity contribution is 7.13. The van der Waals surface area contributed by atoms with Crippen LogP contribution in [-0.4, -0.2) is 42.6 Å². The maximum atomic E-state index is 5.83. The molecule has 1 aliphatic rings. The molecule has 0 radical (unpaired) electrons. The molecule has 0 amide bonds. The number of hydrogen-bond acceptors (Lipinski definition) is 6. The predicted molar refractivity (Wildman–Crippen MR) is 109 cm³/mol. The lowest BCUT2D eigenvalue weighted by Gasteiger charge is -2.23. The van der Waals surface area contributed by atoms with Gasteiger partial charge in [-0.15, -0.1) is 11.3 Å². The number of hydrogen-bond donors (Lipinski definition) is 3. The third-order valence-corrected chi connectivity index (χ3v) is 5.34. The minimum atomic E-state index is 0.321. The van der Waals surface area contributed by atoms with Crippen molar-refractivity contribution in [2.45, 2.75) is 18.9 Å². The molecule has 2 aromatic heterocycles. The fraction of sp³-hybridized carbons (Fsp3) is 0.350. The van der Waals surface area contributed by atoms with Crippen LogP contribution in [0.2, 0.25) is 0 Å². The molecule has 0 saturated carbocycles. The van der Waals surface area contributed by atoms with Gasteiger partial charge < -0.3 is 20.1 Å². The monoisotopic (exact) mass is 384 g/mol. The fourth-order valence-corrected chi connectivity index (χ4v) is 3.72. The molecule has 1 unspecified atom stereocenters. The Hall–Kier alpha value is -2.35. The van der Waals surface area contributed by atoms with Gasteiger partial charge in [0.2, 0.25) is 0 Å². The highest BCUT2D eigenvalue weighted by atomic mass is 32.1. The topological polar surface area (TPSA) is 71.2 Å². The minimum absolute atomic E-state index is 0.321. The van der Waals surface area contributed by atoms with Crippen LogP contribution in [0.4, 0.5) is 11.5 Å². The molecule has 1 atom stereocenters. The first kappa shape index (κ1) is 18.0. The van der Waals surface area contributed by atoms with Crippen molar-refractivity contribution in [3.63, 3.8) is 0 Å². The Morgan fingerprint density at radius 1 is 1.26 bits per heavy atom. The average molecular weight is 385 g/mol. The molecule has 1 saturated heterocycles. The number of aromatic nitrogens is 2. The molecule has 0 spiro atoms. The van der Waals surface area contributed by atoms with Gasteiger partial charge in [-0.05, 0) is 48.6 Å². The molecule has 0 aliphatic carbocycles. The quantitative estimate of drug-likeness (QED) is 0.512. The molecule has 4 rings (SSSR count). The highest BCUT2D eigenvalue weighted by Crippen LogP contribution is 2.26. The standard InChI is InChI=1S/C20H24N4O2S/c1(3-17-14-21-9-11-26-17)10-25-16-7-5-15(6-8-16)22-20-13-18(23-24-20)19-4-2-12-27-19/h2,4-8,12-13,17,21H,1,3,9-11,14H2,(H2,22,23,24). The Labute approximate surface area is 162 Å². The average Bonchev–Trinajstić information content (AvgIpc) is 3.39. The number of rotatable bonds is 8. The normalized spacial score (nSPS) is 17.0. The van der Waals surface area contributed by atoms with E-state index in [9.17, 15) is 0 Å². The summed E-state index contributed by atoms with van der Waals surface area (Å²) >= 11 is 1.69. The summed E-state index contributed by atoms with van der Waals surface area (Å²) in [7, 11) is 0. The van der Waals surface area contributed by atoms with Gasteiger partial charge in [0.05, 0.1) is 29.9 Å². The number of H-pyrrole nitrogens is 1. The number of morpholine rings is 1. The van der Waals surface area contributed by atoms with Crippen molar-refractivity contribution in [2.24, 2.45) is 0 Å². The number of anilines is 2. The zero-order chi connectivity index (χ0) is 18.3. The number of nitrogens with zero attached hydrogens (tertiary/aromatic N) is 1. The summed E-state index contributed by atoms with van der Waals surface area (Å²) in [5, 5.41) is 16.1. The van der Waals surface area contributed by atoms with Gasteiger partial charge in [0.1, 0.15) is 5.75 Å². The van der Waals surface area contributed by atoms with E-state index < -0.39 is 0 Å². The van der Waals surface area contributed by atoms with E-state index >= 15 is 0 Å². The molecule has 1 fully saturated rings. The van der Waals surface area contributed by atoms with Crippen molar-refractivity contribution in [1.29, 1.82) is 0 Å². The van der Waals surface area contributed by atoms with Gasteiger partial charge in [-0.3, -0.25) is 5.10 Å². The van der Waals surface area contributed by atoms with Crippen LogP contribution in [0.3, 0.4) is 0 Å². The van der Waals surface area contributed by atoms with Crippen LogP contribution in [0.25, 0.3) is 10.6 Å². The van der Waals surface area contributed by atoms with Crippen molar-refractivity contribution in [3.8, 4) is 16.3 Å². The second kappa shape index (κ2) is 9.03. The van der Waals surface area contributed by atoms with Crippen LogP contribution in [0.15, 0.2) is 47.8 Å². The van der Waals surface area contributed by atoms with E-state index in [0.717, 1.165) is 55.5 Å². The second-order valence-electron chi connectivity index (χ2n) is 6.48. The van der Waals surface area contributed by atoms with Gasteiger partial charge in [0.25, 0.3) is 0 Å². The first-order valence-electron chi connectivity index (χ1n) is 9.28. The van der Waals surface area contributed by atoms with E-state index in [1.165, 1.54) is 4.88 Å². The lowest BCUT2D eigenvalue weighted by Crippen LogP contribution is -2.38. The van der Waals surface area contributed by atoms with Crippen LogP contribution in [0.1, 0.15) is 12.8 Å². The highest BCUT2D eigenvalue weighted by Gasteiger charge is 2.12. The van der Waals surface area contributed by atoms with Gasteiger partial charge in [-0.2, -0.15) is 5.10 Å². The Bertz CT molecular complexity index is 811. The number of benzene rings is 1. The molecule has 7 heteroatoms. The molecule has 0 bridgehead atoms. The van der Waals surface area contributed by atoms with Gasteiger partial charge in [-0.25, -0.2) is 0 Å². The van der Waals surface area contributed by atoms with E-state index in [1.54, 1.807) is 11.3 Å². The molecule has 27 heavy (non-hydrogen) atoms. The zero-order valence-corrected chi connectivity index (χ0v) is 15.9. The molecule has 1 aromatic carbocycles. The lowest BCUT2D eigenvalue weighted by molar-refractivity contribution is 0.0204. The zero-order valence-electron chi connectivity index (χ0n) is 15.1. The molecule has 6 nitrogen and oxygen atoms in total. The summed E-state index contributed by atoms with van der Waals surface area (Å²) in [5.41, 5.74) is 2.00. The first-order chi connectivity index (χ1) is 13.4. The van der Waals surface area contributed by atoms with Crippen molar-refractivity contribution in [2.75, 3.05) is 31.6 Å². The fourth-order valence-electron chi connectivity index (χ4n) is 3.03. The summed E-state index contributed by atoms with van der Waals surface area (Å²) in [6, 6.07) is 14.1. The first-order valence-corrected chi connectivity index (χ1v) is 10.2. The Kier molecular flexibility index (Phi) is 6.03. The second-order valence-corrected chi connectivity index (χ2v) is 7.43. The predicted octanol–water partition coefficient (Wildman–Crippen LogP) is 4.03. The maximum Gasteiger partial charge on any atom is 0.152 e. The van der Waals surface area contributed by atoms with Crippen LogP contribution < -0.4 is 15.4 Å². The molecular formula is C20H24N4O2S.